The lowest BCUT2D eigenvalue weighted by molar-refractivity contribution is 0.0534. The molecule has 1 saturated heterocycles. The van der Waals surface area contributed by atoms with Crippen LogP contribution in [0.5, 0.6) is 0 Å². The molecule has 0 aromatic carbocycles. The molecule has 0 amide bonds. The van der Waals surface area contributed by atoms with Crippen LogP contribution >= 0.6 is 0 Å². The fourth-order valence-electron chi connectivity index (χ4n) is 1.78. The predicted octanol–water partition coefficient (Wildman–Crippen LogP) is 1.41. The van der Waals surface area contributed by atoms with Crippen molar-refractivity contribution in [3.8, 4) is 0 Å². The first-order chi connectivity index (χ1) is 5.59. The van der Waals surface area contributed by atoms with E-state index in [4.69, 9.17) is 0 Å². The van der Waals surface area contributed by atoms with Crippen molar-refractivity contribution in [2.24, 2.45) is 0 Å². The number of aliphatic hydroxyl groups is 1. The minimum absolute atomic E-state index is 0.0821. The van der Waals surface area contributed by atoms with E-state index in [-0.39, 0.29) is 6.10 Å². The van der Waals surface area contributed by atoms with Crippen molar-refractivity contribution >= 4 is 0 Å². The van der Waals surface area contributed by atoms with Crippen molar-refractivity contribution in [1.82, 2.24) is 4.90 Å². The third-order valence-corrected chi connectivity index (χ3v) is 2.46. The van der Waals surface area contributed by atoms with Crippen LogP contribution in [0.25, 0.3) is 0 Å². The minimum Gasteiger partial charge on any atom is -0.393 e. The maximum absolute atomic E-state index is 9.38. The van der Waals surface area contributed by atoms with Crippen molar-refractivity contribution < 1.29 is 5.11 Å². The van der Waals surface area contributed by atoms with Gasteiger partial charge in [-0.2, -0.15) is 0 Å². The van der Waals surface area contributed by atoms with E-state index in [0.717, 1.165) is 25.9 Å². The van der Waals surface area contributed by atoms with Gasteiger partial charge in [0.25, 0.3) is 0 Å². The molecule has 1 N–H and O–H groups in total. The highest BCUT2D eigenvalue weighted by molar-refractivity contribution is 4.94. The monoisotopic (exact) mass is 169 g/mol. The molecule has 2 nitrogen and oxygen atoms in total. The van der Waals surface area contributed by atoms with Crippen molar-refractivity contribution in [3.05, 3.63) is 12.2 Å². The Hall–Kier alpha value is -0.340. The van der Waals surface area contributed by atoms with Gasteiger partial charge in [-0.05, 0) is 26.7 Å². The van der Waals surface area contributed by atoms with Gasteiger partial charge in [0.05, 0.1) is 6.10 Å². The zero-order valence-electron chi connectivity index (χ0n) is 8.08. The number of piperidine rings is 1. The van der Waals surface area contributed by atoms with Crippen molar-refractivity contribution in [2.75, 3.05) is 13.1 Å². The highest BCUT2D eigenvalue weighted by atomic mass is 16.3. The lowest BCUT2D eigenvalue weighted by Gasteiger charge is -2.35. The van der Waals surface area contributed by atoms with Gasteiger partial charge in [0.1, 0.15) is 0 Å². The zero-order valence-corrected chi connectivity index (χ0v) is 8.08. The molecule has 0 radical (unpaired) electrons. The van der Waals surface area contributed by atoms with Crippen LogP contribution in [0, 0.1) is 0 Å². The summed E-state index contributed by atoms with van der Waals surface area (Å²) in [4.78, 5) is 2.38. The molecule has 0 aromatic rings. The van der Waals surface area contributed by atoms with Crippen LogP contribution in [-0.4, -0.2) is 35.2 Å². The van der Waals surface area contributed by atoms with Gasteiger partial charge in [-0.1, -0.05) is 12.2 Å². The molecule has 1 aliphatic heterocycles. The maximum atomic E-state index is 9.38. The number of nitrogens with zero attached hydrogens (tertiary/aromatic N) is 1. The molecule has 0 aromatic heterocycles. The Bertz CT molecular complexity index is 167. The van der Waals surface area contributed by atoms with Gasteiger partial charge in [-0.3, -0.25) is 4.90 Å². The molecule has 0 saturated carbocycles. The third kappa shape index (κ3) is 2.61. The Morgan fingerprint density at radius 2 is 2.33 bits per heavy atom. The Kier molecular flexibility index (Phi) is 3.29. The van der Waals surface area contributed by atoms with Crippen molar-refractivity contribution in [1.29, 1.82) is 0 Å². The van der Waals surface area contributed by atoms with Crippen LogP contribution in [0.15, 0.2) is 12.2 Å². The molecular weight excluding hydrogens is 150 g/mol. The average molecular weight is 169 g/mol. The quantitative estimate of drug-likeness (QED) is 0.632. The molecule has 0 spiro atoms. The molecular formula is C10H19NO. The Balaban J connectivity index is 2.39. The number of rotatable bonds is 2. The van der Waals surface area contributed by atoms with E-state index in [1.807, 2.05) is 0 Å². The van der Waals surface area contributed by atoms with Crippen LogP contribution in [0.3, 0.4) is 0 Å². The maximum Gasteiger partial charge on any atom is 0.0567 e. The van der Waals surface area contributed by atoms with E-state index >= 15 is 0 Å². The van der Waals surface area contributed by atoms with Gasteiger partial charge in [0.2, 0.25) is 0 Å². The molecule has 0 unspecified atom stereocenters. The summed E-state index contributed by atoms with van der Waals surface area (Å²) in [7, 11) is 0. The molecule has 0 bridgehead atoms. The lowest BCUT2D eigenvalue weighted by atomic mass is 10.0. The van der Waals surface area contributed by atoms with Crippen LogP contribution in [0.1, 0.15) is 26.7 Å². The first-order valence-corrected chi connectivity index (χ1v) is 4.66. The highest BCUT2D eigenvalue weighted by Gasteiger charge is 2.23. The summed E-state index contributed by atoms with van der Waals surface area (Å²) in [6.45, 7) is 10.1. The second-order valence-electron chi connectivity index (χ2n) is 3.95. The second kappa shape index (κ2) is 4.06. The number of likely N-dealkylation sites (tertiary alicyclic amines) is 1. The summed E-state index contributed by atoms with van der Waals surface area (Å²) in [5, 5.41) is 9.38. The molecule has 2 atom stereocenters. The molecule has 70 valence electrons. The molecule has 12 heavy (non-hydrogen) atoms. The first-order valence-electron chi connectivity index (χ1n) is 4.66. The molecule has 1 aliphatic rings. The average Bonchev–Trinajstić information content (AvgIpc) is 1.94. The normalized spacial score (nSPS) is 31.9. The summed E-state index contributed by atoms with van der Waals surface area (Å²) in [6.07, 6.45) is 1.74. The Morgan fingerprint density at radius 3 is 2.83 bits per heavy atom. The van der Waals surface area contributed by atoms with Crippen LogP contribution in [-0.2, 0) is 0 Å². The number of hydrogen-bond acceptors (Lipinski definition) is 2. The molecule has 1 rings (SSSR count). The fourth-order valence-corrected chi connectivity index (χ4v) is 1.78. The lowest BCUT2D eigenvalue weighted by Crippen LogP contribution is -2.43. The van der Waals surface area contributed by atoms with Crippen molar-refractivity contribution in [2.45, 2.75) is 38.8 Å². The SMILES string of the molecule is C=C(C)CN1CC[C@H](O)C[C@@H]1C. The summed E-state index contributed by atoms with van der Waals surface area (Å²) in [5.74, 6) is 0. The van der Waals surface area contributed by atoms with Gasteiger partial charge in [-0.25, -0.2) is 0 Å². The van der Waals surface area contributed by atoms with E-state index in [9.17, 15) is 5.11 Å². The van der Waals surface area contributed by atoms with Gasteiger partial charge >= 0.3 is 0 Å². The van der Waals surface area contributed by atoms with Gasteiger partial charge in [-0.15, -0.1) is 0 Å². The van der Waals surface area contributed by atoms with Gasteiger partial charge < -0.3 is 5.11 Å². The highest BCUT2D eigenvalue weighted by Crippen LogP contribution is 2.17. The van der Waals surface area contributed by atoms with E-state index in [2.05, 4.69) is 25.3 Å². The molecule has 2 heteroatoms. The summed E-state index contributed by atoms with van der Waals surface area (Å²) in [6, 6.07) is 0.505. The minimum atomic E-state index is -0.0821. The predicted molar refractivity (Wildman–Crippen MR) is 51.1 cm³/mol. The van der Waals surface area contributed by atoms with E-state index < -0.39 is 0 Å². The Labute approximate surface area is 74.9 Å². The Morgan fingerprint density at radius 1 is 1.67 bits per heavy atom. The van der Waals surface area contributed by atoms with E-state index in [0.29, 0.717) is 6.04 Å². The molecule has 1 heterocycles. The van der Waals surface area contributed by atoms with Crippen molar-refractivity contribution in [3.63, 3.8) is 0 Å². The molecule has 0 aliphatic carbocycles. The van der Waals surface area contributed by atoms with Crippen LogP contribution in [0.4, 0.5) is 0 Å². The topological polar surface area (TPSA) is 23.5 Å². The summed E-state index contributed by atoms with van der Waals surface area (Å²) < 4.78 is 0. The van der Waals surface area contributed by atoms with Crippen LogP contribution in [0.2, 0.25) is 0 Å². The first kappa shape index (κ1) is 9.75. The second-order valence-corrected chi connectivity index (χ2v) is 3.95. The standard InChI is InChI=1S/C10H19NO/c1-8(2)7-11-5-4-10(12)6-9(11)3/h9-10,12H,1,4-7H2,2-3H3/t9-,10-/m0/s1. The van der Waals surface area contributed by atoms with E-state index in [1.165, 1.54) is 5.57 Å². The largest absolute Gasteiger partial charge is 0.393 e. The van der Waals surface area contributed by atoms with Gasteiger partial charge in [0, 0.05) is 19.1 Å². The molecule has 1 fully saturated rings. The smallest absolute Gasteiger partial charge is 0.0567 e. The fraction of sp³-hybridized carbons (Fsp3) is 0.800. The number of aliphatic hydroxyl groups excluding tert-OH is 1. The third-order valence-electron chi connectivity index (χ3n) is 2.46. The van der Waals surface area contributed by atoms with Gasteiger partial charge in [0.15, 0.2) is 0 Å². The number of hydrogen-bond donors (Lipinski definition) is 1. The summed E-state index contributed by atoms with van der Waals surface area (Å²) >= 11 is 0. The zero-order chi connectivity index (χ0) is 9.14. The van der Waals surface area contributed by atoms with Crippen LogP contribution < -0.4 is 0 Å². The summed E-state index contributed by atoms with van der Waals surface area (Å²) in [5.41, 5.74) is 1.21. The van der Waals surface area contributed by atoms with E-state index in [1.54, 1.807) is 0 Å².